The molecule has 0 radical (unpaired) electrons. The standard InChI is InChI=1S/C12H17N5O2/c1-6(18)13-9-7-8(16-17(9)5)14-11(12(2,3)4)15-10(7)19/h1-5H3,(H,13,18)(H,14,15,16,19). The Labute approximate surface area is 110 Å². The lowest BCUT2D eigenvalue weighted by molar-refractivity contribution is -0.114. The third-order valence-corrected chi connectivity index (χ3v) is 2.71. The molecular formula is C12H17N5O2. The van der Waals surface area contributed by atoms with Gasteiger partial charge in [0.2, 0.25) is 5.91 Å². The molecule has 2 aromatic heterocycles. The number of carbonyl (C=O) groups excluding carboxylic acids is 1. The van der Waals surface area contributed by atoms with Crippen LogP contribution in [0.4, 0.5) is 5.82 Å². The Kier molecular flexibility index (Phi) is 2.92. The highest BCUT2D eigenvalue weighted by atomic mass is 16.1. The molecule has 2 heterocycles. The molecule has 0 fully saturated rings. The highest BCUT2D eigenvalue weighted by molar-refractivity contribution is 5.97. The van der Waals surface area contributed by atoms with Gasteiger partial charge in [-0.1, -0.05) is 20.8 Å². The molecule has 0 saturated carbocycles. The number of nitrogens with one attached hydrogen (secondary N) is 2. The molecule has 2 aromatic rings. The fourth-order valence-corrected chi connectivity index (χ4v) is 1.77. The first-order valence-electron chi connectivity index (χ1n) is 5.95. The van der Waals surface area contributed by atoms with Gasteiger partial charge in [0, 0.05) is 19.4 Å². The van der Waals surface area contributed by atoms with Gasteiger partial charge in [0.05, 0.1) is 0 Å². The normalized spacial score (nSPS) is 11.8. The first-order valence-corrected chi connectivity index (χ1v) is 5.95. The van der Waals surface area contributed by atoms with Gasteiger partial charge in [0.15, 0.2) is 5.65 Å². The van der Waals surface area contributed by atoms with E-state index in [1.807, 2.05) is 20.8 Å². The Morgan fingerprint density at radius 3 is 2.53 bits per heavy atom. The van der Waals surface area contributed by atoms with Gasteiger partial charge in [0.25, 0.3) is 5.56 Å². The Hall–Kier alpha value is -2.18. The smallest absolute Gasteiger partial charge is 0.264 e. The molecule has 7 nitrogen and oxygen atoms in total. The van der Waals surface area contributed by atoms with Crippen molar-refractivity contribution in [2.24, 2.45) is 7.05 Å². The van der Waals surface area contributed by atoms with Crippen molar-refractivity contribution in [2.45, 2.75) is 33.1 Å². The second-order valence-corrected chi connectivity index (χ2v) is 5.52. The van der Waals surface area contributed by atoms with Gasteiger partial charge in [-0.25, -0.2) is 9.67 Å². The number of aromatic amines is 1. The predicted octanol–water partition coefficient (Wildman–Crippen LogP) is 0.912. The summed E-state index contributed by atoms with van der Waals surface area (Å²) in [5.74, 6) is 0.665. The van der Waals surface area contributed by atoms with E-state index in [1.165, 1.54) is 11.6 Å². The molecule has 1 amide bonds. The predicted molar refractivity (Wildman–Crippen MR) is 72.1 cm³/mol. The summed E-state index contributed by atoms with van der Waals surface area (Å²) in [4.78, 5) is 30.4. The lowest BCUT2D eigenvalue weighted by Crippen LogP contribution is -2.22. The van der Waals surface area contributed by atoms with Crippen molar-refractivity contribution in [2.75, 3.05) is 5.32 Å². The molecule has 0 saturated heterocycles. The molecule has 2 N–H and O–H groups in total. The van der Waals surface area contributed by atoms with Crippen LogP contribution >= 0.6 is 0 Å². The second kappa shape index (κ2) is 4.18. The van der Waals surface area contributed by atoms with Gasteiger partial charge < -0.3 is 10.3 Å². The fourth-order valence-electron chi connectivity index (χ4n) is 1.77. The number of hydrogen-bond donors (Lipinski definition) is 2. The van der Waals surface area contributed by atoms with E-state index in [0.717, 1.165) is 0 Å². The van der Waals surface area contributed by atoms with Gasteiger partial charge in [-0.15, -0.1) is 0 Å². The van der Waals surface area contributed by atoms with Gasteiger partial charge in [-0.3, -0.25) is 9.59 Å². The minimum atomic E-state index is -0.299. The van der Waals surface area contributed by atoms with E-state index in [9.17, 15) is 9.59 Å². The zero-order valence-corrected chi connectivity index (χ0v) is 11.7. The van der Waals surface area contributed by atoms with Crippen LogP contribution in [0.25, 0.3) is 11.0 Å². The Balaban J connectivity index is 2.74. The summed E-state index contributed by atoms with van der Waals surface area (Å²) in [7, 11) is 1.66. The SMILES string of the molecule is CC(=O)Nc1c2c(=O)[nH]c(C(C)(C)C)nc2nn1C. The summed E-state index contributed by atoms with van der Waals surface area (Å²) in [5, 5.41) is 7.07. The third-order valence-electron chi connectivity index (χ3n) is 2.71. The quantitative estimate of drug-likeness (QED) is 0.800. The van der Waals surface area contributed by atoms with E-state index in [0.29, 0.717) is 22.7 Å². The molecule has 2 rings (SSSR count). The number of anilines is 1. The van der Waals surface area contributed by atoms with Crippen molar-refractivity contribution in [1.29, 1.82) is 0 Å². The number of nitrogens with zero attached hydrogens (tertiary/aromatic N) is 3. The average molecular weight is 263 g/mol. The molecule has 0 bridgehead atoms. The second-order valence-electron chi connectivity index (χ2n) is 5.52. The van der Waals surface area contributed by atoms with Crippen molar-refractivity contribution >= 4 is 22.8 Å². The lowest BCUT2D eigenvalue weighted by atomic mass is 9.96. The first-order chi connectivity index (χ1) is 8.70. The van der Waals surface area contributed by atoms with Crippen molar-refractivity contribution in [1.82, 2.24) is 19.7 Å². The molecule has 0 aromatic carbocycles. The molecule has 0 aliphatic heterocycles. The number of amides is 1. The van der Waals surface area contributed by atoms with Crippen LogP contribution in [0, 0.1) is 0 Å². The van der Waals surface area contributed by atoms with Crippen molar-refractivity contribution in [3.8, 4) is 0 Å². The Bertz CT molecular complexity index is 705. The average Bonchev–Trinajstić information content (AvgIpc) is 2.53. The number of rotatable bonds is 1. The third kappa shape index (κ3) is 2.35. The van der Waals surface area contributed by atoms with Crippen LogP contribution in [0.15, 0.2) is 4.79 Å². The summed E-state index contributed by atoms with van der Waals surface area (Å²) >= 11 is 0. The topological polar surface area (TPSA) is 92.7 Å². The minimum absolute atomic E-state index is 0.260. The molecule has 0 aliphatic rings. The molecule has 102 valence electrons. The first kappa shape index (κ1) is 13.3. The Morgan fingerprint density at radius 1 is 1.37 bits per heavy atom. The van der Waals surface area contributed by atoms with Gasteiger partial charge in [0.1, 0.15) is 17.0 Å². The van der Waals surface area contributed by atoms with Crippen molar-refractivity contribution in [3.63, 3.8) is 0 Å². The van der Waals surface area contributed by atoms with Crippen LogP contribution in [0.2, 0.25) is 0 Å². The zero-order chi connectivity index (χ0) is 14.4. The van der Waals surface area contributed by atoms with Crippen LogP contribution in [-0.4, -0.2) is 25.7 Å². The molecule has 0 unspecified atom stereocenters. The van der Waals surface area contributed by atoms with E-state index < -0.39 is 0 Å². The van der Waals surface area contributed by atoms with Crippen LogP contribution in [0.3, 0.4) is 0 Å². The van der Waals surface area contributed by atoms with Gasteiger partial charge in [-0.2, -0.15) is 5.10 Å². The summed E-state index contributed by atoms with van der Waals surface area (Å²) in [6.45, 7) is 7.24. The summed E-state index contributed by atoms with van der Waals surface area (Å²) in [6.07, 6.45) is 0. The maximum atomic E-state index is 12.2. The van der Waals surface area contributed by atoms with E-state index in [-0.39, 0.29) is 16.9 Å². The molecule has 7 heteroatoms. The van der Waals surface area contributed by atoms with E-state index >= 15 is 0 Å². The maximum Gasteiger partial charge on any atom is 0.264 e. The number of carbonyl (C=O) groups is 1. The molecule has 0 spiro atoms. The Morgan fingerprint density at radius 2 is 2.00 bits per heavy atom. The van der Waals surface area contributed by atoms with E-state index in [2.05, 4.69) is 20.4 Å². The number of H-pyrrole nitrogens is 1. The monoisotopic (exact) mass is 263 g/mol. The maximum absolute atomic E-state index is 12.2. The van der Waals surface area contributed by atoms with Crippen molar-refractivity contribution < 1.29 is 4.79 Å². The van der Waals surface area contributed by atoms with Crippen molar-refractivity contribution in [3.05, 3.63) is 16.2 Å². The molecular weight excluding hydrogens is 246 g/mol. The highest BCUT2D eigenvalue weighted by Gasteiger charge is 2.21. The molecule has 0 aliphatic carbocycles. The van der Waals surface area contributed by atoms with Crippen LogP contribution in [0.1, 0.15) is 33.5 Å². The minimum Gasteiger partial charge on any atom is -0.310 e. The van der Waals surface area contributed by atoms with Gasteiger partial charge in [-0.05, 0) is 0 Å². The van der Waals surface area contributed by atoms with Crippen LogP contribution < -0.4 is 10.9 Å². The summed E-state index contributed by atoms with van der Waals surface area (Å²) in [5.41, 5.74) is -0.245. The molecule has 19 heavy (non-hydrogen) atoms. The number of aromatic nitrogens is 4. The number of aryl methyl sites for hydroxylation is 1. The highest BCUT2D eigenvalue weighted by Crippen LogP contribution is 2.21. The number of hydrogen-bond acceptors (Lipinski definition) is 4. The van der Waals surface area contributed by atoms with E-state index in [4.69, 9.17) is 0 Å². The largest absolute Gasteiger partial charge is 0.310 e. The number of fused-ring (bicyclic) bond motifs is 1. The molecule has 0 atom stereocenters. The lowest BCUT2D eigenvalue weighted by Gasteiger charge is -2.16. The fraction of sp³-hybridized carbons (Fsp3) is 0.500. The summed E-state index contributed by atoms with van der Waals surface area (Å²) < 4.78 is 1.45. The van der Waals surface area contributed by atoms with Crippen LogP contribution in [-0.2, 0) is 17.3 Å². The van der Waals surface area contributed by atoms with E-state index in [1.54, 1.807) is 7.05 Å². The summed E-state index contributed by atoms with van der Waals surface area (Å²) in [6, 6.07) is 0. The van der Waals surface area contributed by atoms with Gasteiger partial charge >= 0.3 is 0 Å². The van der Waals surface area contributed by atoms with Crippen LogP contribution in [0.5, 0.6) is 0 Å². The zero-order valence-electron chi connectivity index (χ0n) is 11.7.